The number of unbranched alkanes of at least 4 members (excludes halogenated alkanes) is 10. The Labute approximate surface area is 182 Å². The van der Waals surface area contributed by atoms with Gasteiger partial charge in [-0.05, 0) is 51.4 Å². The third-order valence-corrected chi connectivity index (χ3v) is 4.94. The van der Waals surface area contributed by atoms with Crippen LogP contribution in [-0.2, 0) is 0 Å². The van der Waals surface area contributed by atoms with Crippen molar-refractivity contribution in [2.75, 3.05) is 6.61 Å². The monoisotopic (exact) mass is 400 g/mol. The summed E-state index contributed by atoms with van der Waals surface area (Å²) in [6.45, 7) is 2.53. The molecule has 29 heavy (non-hydrogen) atoms. The topological polar surface area (TPSA) is 20.2 Å². The summed E-state index contributed by atoms with van der Waals surface area (Å²) in [6.07, 6.45) is 42.2. The SMILES string of the molecule is CCC=CCC=CCC=CCC=CCC=CCCCCCCCCCCCCO. The predicted molar refractivity (Wildman–Crippen MR) is 132 cm³/mol. The molecule has 0 unspecified atom stereocenters. The van der Waals surface area contributed by atoms with Gasteiger partial charge in [0, 0.05) is 6.61 Å². The van der Waals surface area contributed by atoms with Gasteiger partial charge in [-0.3, -0.25) is 0 Å². The van der Waals surface area contributed by atoms with Crippen molar-refractivity contribution >= 4 is 0 Å². The first kappa shape index (κ1) is 27.7. The van der Waals surface area contributed by atoms with Gasteiger partial charge in [-0.15, -0.1) is 0 Å². The van der Waals surface area contributed by atoms with Gasteiger partial charge in [0.25, 0.3) is 0 Å². The lowest BCUT2D eigenvalue weighted by Crippen LogP contribution is -1.84. The minimum Gasteiger partial charge on any atom is -0.396 e. The molecule has 0 heterocycles. The molecule has 1 heteroatoms. The Balaban J connectivity index is 3.30. The summed E-state index contributed by atoms with van der Waals surface area (Å²) >= 11 is 0. The van der Waals surface area contributed by atoms with E-state index in [9.17, 15) is 0 Å². The molecule has 0 aromatic rings. The first-order valence-corrected chi connectivity index (χ1v) is 12.3. The highest BCUT2D eigenvalue weighted by Gasteiger charge is 1.92. The van der Waals surface area contributed by atoms with Crippen LogP contribution in [0, 0.1) is 0 Å². The zero-order valence-corrected chi connectivity index (χ0v) is 19.2. The second-order valence-corrected chi connectivity index (χ2v) is 7.76. The van der Waals surface area contributed by atoms with Crippen molar-refractivity contribution in [2.45, 2.75) is 110 Å². The Morgan fingerprint density at radius 3 is 1.17 bits per heavy atom. The van der Waals surface area contributed by atoms with Crippen molar-refractivity contribution in [3.8, 4) is 0 Å². The molecule has 0 atom stereocenters. The van der Waals surface area contributed by atoms with Gasteiger partial charge >= 0.3 is 0 Å². The van der Waals surface area contributed by atoms with Crippen LogP contribution in [0.1, 0.15) is 110 Å². The molecule has 0 rings (SSSR count). The number of allylic oxidation sites excluding steroid dienone is 10. The Bertz CT molecular complexity index is 439. The normalized spacial score (nSPS) is 12.8. The Morgan fingerprint density at radius 1 is 0.414 bits per heavy atom. The fourth-order valence-electron chi connectivity index (χ4n) is 3.16. The van der Waals surface area contributed by atoms with Crippen LogP contribution in [-0.4, -0.2) is 11.7 Å². The summed E-state index contributed by atoms with van der Waals surface area (Å²) in [5, 5.41) is 8.74. The van der Waals surface area contributed by atoms with Crippen LogP contribution in [0.25, 0.3) is 0 Å². The molecule has 1 nitrogen and oxygen atoms in total. The molecule has 0 spiro atoms. The molecule has 0 aliphatic rings. The molecular weight excluding hydrogens is 352 g/mol. The molecule has 166 valence electrons. The van der Waals surface area contributed by atoms with Crippen molar-refractivity contribution in [2.24, 2.45) is 0 Å². The maximum atomic E-state index is 8.74. The van der Waals surface area contributed by atoms with Crippen LogP contribution in [0.3, 0.4) is 0 Å². The fourth-order valence-corrected chi connectivity index (χ4v) is 3.16. The van der Waals surface area contributed by atoms with E-state index in [2.05, 4.69) is 67.7 Å². The minimum atomic E-state index is 0.359. The van der Waals surface area contributed by atoms with Crippen molar-refractivity contribution in [3.63, 3.8) is 0 Å². The summed E-state index contributed by atoms with van der Waals surface area (Å²) in [4.78, 5) is 0. The van der Waals surface area contributed by atoms with E-state index in [-0.39, 0.29) is 0 Å². The van der Waals surface area contributed by atoms with Gasteiger partial charge in [-0.2, -0.15) is 0 Å². The first-order valence-electron chi connectivity index (χ1n) is 12.3. The van der Waals surface area contributed by atoms with Gasteiger partial charge in [0.15, 0.2) is 0 Å². The Kier molecular flexibility index (Phi) is 25.4. The van der Waals surface area contributed by atoms with E-state index in [1.807, 2.05) is 0 Å². The highest BCUT2D eigenvalue weighted by molar-refractivity contribution is 5.00. The lowest BCUT2D eigenvalue weighted by Gasteiger charge is -2.01. The maximum Gasteiger partial charge on any atom is 0.0431 e. The zero-order valence-electron chi connectivity index (χ0n) is 19.2. The second-order valence-electron chi connectivity index (χ2n) is 7.76. The molecule has 0 saturated carbocycles. The van der Waals surface area contributed by atoms with E-state index in [0.29, 0.717) is 6.61 Å². The van der Waals surface area contributed by atoms with Gasteiger partial charge in [0.05, 0.1) is 0 Å². The van der Waals surface area contributed by atoms with Gasteiger partial charge in [-0.25, -0.2) is 0 Å². The lowest BCUT2D eigenvalue weighted by molar-refractivity contribution is 0.282. The summed E-state index contributed by atoms with van der Waals surface area (Å²) in [5.41, 5.74) is 0. The zero-order chi connectivity index (χ0) is 21.1. The molecule has 0 amide bonds. The van der Waals surface area contributed by atoms with Crippen LogP contribution < -0.4 is 0 Å². The first-order chi connectivity index (χ1) is 14.4. The molecule has 0 fully saturated rings. The summed E-state index contributed by atoms with van der Waals surface area (Å²) in [5.74, 6) is 0. The molecule has 0 radical (unpaired) electrons. The second kappa shape index (κ2) is 26.7. The molecule has 1 N–H and O–H groups in total. The smallest absolute Gasteiger partial charge is 0.0431 e. The van der Waals surface area contributed by atoms with E-state index in [1.165, 1.54) is 64.2 Å². The van der Waals surface area contributed by atoms with E-state index in [0.717, 1.165) is 38.5 Å². The average molecular weight is 401 g/mol. The van der Waals surface area contributed by atoms with Crippen LogP contribution in [0.2, 0.25) is 0 Å². The average Bonchev–Trinajstić information content (AvgIpc) is 2.74. The predicted octanol–water partition coefficient (Wildman–Crippen LogP) is 9.02. The maximum absolute atomic E-state index is 8.74. The van der Waals surface area contributed by atoms with E-state index < -0.39 is 0 Å². The van der Waals surface area contributed by atoms with Gasteiger partial charge in [-0.1, -0.05) is 119 Å². The van der Waals surface area contributed by atoms with Crippen LogP contribution in [0.15, 0.2) is 60.8 Å². The third-order valence-electron chi connectivity index (χ3n) is 4.94. The quantitative estimate of drug-likeness (QED) is 0.150. The van der Waals surface area contributed by atoms with Gasteiger partial charge in [0.1, 0.15) is 0 Å². The number of aliphatic hydroxyl groups is 1. The molecule has 0 aliphatic carbocycles. The molecule has 0 aliphatic heterocycles. The molecule has 0 aromatic carbocycles. The summed E-state index contributed by atoms with van der Waals surface area (Å²) < 4.78 is 0. The van der Waals surface area contributed by atoms with Gasteiger partial charge < -0.3 is 5.11 Å². The van der Waals surface area contributed by atoms with E-state index >= 15 is 0 Å². The number of rotatable bonds is 21. The fraction of sp³-hybridized carbons (Fsp3) is 0.643. The van der Waals surface area contributed by atoms with Crippen molar-refractivity contribution in [3.05, 3.63) is 60.8 Å². The number of aliphatic hydroxyl groups excluding tert-OH is 1. The molecule has 0 bridgehead atoms. The van der Waals surface area contributed by atoms with Gasteiger partial charge in [0.2, 0.25) is 0 Å². The highest BCUT2D eigenvalue weighted by atomic mass is 16.2. The number of hydrogen-bond donors (Lipinski definition) is 1. The summed E-state index contributed by atoms with van der Waals surface area (Å²) in [6, 6.07) is 0. The minimum absolute atomic E-state index is 0.359. The molecule has 0 saturated heterocycles. The van der Waals surface area contributed by atoms with E-state index in [1.54, 1.807) is 0 Å². The lowest BCUT2D eigenvalue weighted by atomic mass is 10.1. The van der Waals surface area contributed by atoms with Crippen molar-refractivity contribution < 1.29 is 5.11 Å². The van der Waals surface area contributed by atoms with Crippen LogP contribution >= 0.6 is 0 Å². The molecular formula is C28H48O. The largest absolute Gasteiger partial charge is 0.396 e. The highest BCUT2D eigenvalue weighted by Crippen LogP contribution is 2.11. The Morgan fingerprint density at radius 2 is 0.759 bits per heavy atom. The van der Waals surface area contributed by atoms with Crippen molar-refractivity contribution in [1.82, 2.24) is 0 Å². The Hall–Kier alpha value is -1.34. The summed E-state index contributed by atoms with van der Waals surface area (Å²) in [7, 11) is 0. The molecule has 0 aromatic heterocycles. The third kappa shape index (κ3) is 26.7. The van der Waals surface area contributed by atoms with Crippen LogP contribution in [0.5, 0.6) is 0 Å². The number of hydrogen-bond acceptors (Lipinski definition) is 1. The van der Waals surface area contributed by atoms with Crippen molar-refractivity contribution in [1.29, 1.82) is 0 Å². The standard InChI is InChI=1S/C28H48O/c1-2-3-4-5-6-7-8-9-10-11-12-13-14-15-16-17-18-19-20-21-22-23-24-25-26-27-28-29/h3-4,6-7,9-10,12-13,15-16,29H,2,5,8,11,14,17-28H2,1H3. The van der Waals surface area contributed by atoms with E-state index in [4.69, 9.17) is 5.11 Å². The van der Waals surface area contributed by atoms with Crippen LogP contribution in [0.4, 0.5) is 0 Å².